The zero-order valence-electron chi connectivity index (χ0n) is 12.6. The van der Waals surface area contributed by atoms with Gasteiger partial charge in [-0.15, -0.1) is 0 Å². The van der Waals surface area contributed by atoms with E-state index in [4.69, 9.17) is 4.74 Å². The smallest absolute Gasteiger partial charge is 0.311 e. The number of ether oxygens (including phenoxy) is 1. The summed E-state index contributed by atoms with van der Waals surface area (Å²) in [5.41, 5.74) is 2.29. The molecule has 0 saturated carbocycles. The summed E-state index contributed by atoms with van der Waals surface area (Å²) < 4.78 is 5.41. The standard InChI is InChI=1S/C19H19NO2/c1-2-14(12-19(21)22-15-8-4-3-5-9-15)17-13-20-18-11-7-6-10-16(17)18/h3-11,13-14,20H,2,12H2,1H3. The summed E-state index contributed by atoms with van der Waals surface area (Å²) in [5, 5.41) is 1.18. The zero-order valence-corrected chi connectivity index (χ0v) is 12.6. The Morgan fingerprint density at radius 2 is 1.82 bits per heavy atom. The molecule has 0 aliphatic heterocycles. The van der Waals surface area contributed by atoms with E-state index in [-0.39, 0.29) is 11.9 Å². The van der Waals surface area contributed by atoms with Crippen LogP contribution in [0, 0.1) is 0 Å². The number of carbonyl (C=O) groups is 1. The highest BCUT2D eigenvalue weighted by Crippen LogP contribution is 2.30. The average molecular weight is 293 g/mol. The number of benzene rings is 2. The Kier molecular flexibility index (Phi) is 4.24. The molecule has 0 spiro atoms. The highest BCUT2D eigenvalue weighted by molar-refractivity contribution is 5.84. The fraction of sp³-hybridized carbons (Fsp3) is 0.211. The second-order valence-electron chi connectivity index (χ2n) is 5.39. The number of fused-ring (bicyclic) bond motifs is 1. The SMILES string of the molecule is CCC(CC(=O)Oc1ccccc1)c1c[nH]c2ccccc12. The maximum atomic E-state index is 12.2. The van der Waals surface area contributed by atoms with Gasteiger partial charge in [-0.1, -0.05) is 43.3 Å². The second kappa shape index (κ2) is 6.48. The molecule has 1 N–H and O–H groups in total. The van der Waals surface area contributed by atoms with E-state index in [1.165, 1.54) is 10.9 Å². The summed E-state index contributed by atoms with van der Waals surface area (Å²) in [5.74, 6) is 0.567. The van der Waals surface area contributed by atoms with Crippen LogP contribution in [0.15, 0.2) is 60.8 Å². The van der Waals surface area contributed by atoms with Gasteiger partial charge >= 0.3 is 5.97 Å². The molecule has 1 atom stereocenters. The summed E-state index contributed by atoms with van der Waals surface area (Å²) in [4.78, 5) is 15.5. The summed E-state index contributed by atoms with van der Waals surface area (Å²) in [6.45, 7) is 2.10. The number of para-hydroxylation sites is 2. The molecular formula is C19H19NO2. The van der Waals surface area contributed by atoms with Crippen LogP contribution in [0.25, 0.3) is 10.9 Å². The first kappa shape index (κ1) is 14.4. The van der Waals surface area contributed by atoms with Gasteiger partial charge in [0.1, 0.15) is 5.75 Å². The predicted molar refractivity (Wildman–Crippen MR) is 88.0 cm³/mol. The van der Waals surface area contributed by atoms with Crippen molar-refractivity contribution in [1.82, 2.24) is 4.98 Å². The third-order valence-electron chi connectivity index (χ3n) is 3.94. The largest absolute Gasteiger partial charge is 0.427 e. The molecule has 0 aliphatic rings. The van der Waals surface area contributed by atoms with Crippen LogP contribution in [0.2, 0.25) is 0 Å². The van der Waals surface area contributed by atoms with Gasteiger partial charge in [0.25, 0.3) is 0 Å². The summed E-state index contributed by atoms with van der Waals surface area (Å²) in [7, 11) is 0. The molecule has 0 saturated heterocycles. The van der Waals surface area contributed by atoms with Gasteiger partial charge in [0.15, 0.2) is 0 Å². The third-order valence-corrected chi connectivity index (χ3v) is 3.94. The first-order valence-corrected chi connectivity index (χ1v) is 7.59. The quantitative estimate of drug-likeness (QED) is 0.549. The molecule has 0 amide bonds. The van der Waals surface area contributed by atoms with Gasteiger partial charge in [-0.2, -0.15) is 0 Å². The topological polar surface area (TPSA) is 42.1 Å². The summed E-state index contributed by atoms with van der Waals surface area (Å²) in [6, 6.07) is 17.4. The molecule has 1 aromatic heterocycles. The lowest BCUT2D eigenvalue weighted by molar-refractivity contribution is -0.134. The van der Waals surface area contributed by atoms with E-state index in [1.807, 2.05) is 42.6 Å². The number of hydrogen-bond donors (Lipinski definition) is 1. The minimum absolute atomic E-state index is 0.160. The normalized spacial score (nSPS) is 12.2. The highest BCUT2D eigenvalue weighted by atomic mass is 16.5. The van der Waals surface area contributed by atoms with Crippen molar-refractivity contribution in [3.05, 3.63) is 66.4 Å². The van der Waals surface area contributed by atoms with Gasteiger partial charge in [-0.25, -0.2) is 0 Å². The van der Waals surface area contributed by atoms with E-state index in [0.717, 1.165) is 11.9 Å². The number of esters is 1. The maximum absolute atomic E-state index is 12.2. The number of carbonyl (C=O) groups excluding carboxylic acids is 1. The Morgan fingerprint density at radius 3 is 2.59 bits per heavy atom. The molecule has 3 nitrogen and oxygen atoms in total. The first-order chi connectivity index (χ1) is 10.8. The lowest BCUT2D eigenvalue weighted by Gasteiger charge is -2.13. The van der Waals surface area contributed by atoms with Crippen molar-refractivity contribution in [2.45, 2.75) is 25.7 Å². The molecule has 1 unspecified atom stereocenters. The third kappa shape index (κ3) is 3.03. The molecule has 0 aliphatic carbocycles. The van der Waals surface area contributed by atoms with E-state index >= 15 is 0 Å². The molecule has 2 aromatic carbocycles. The Balaban J connectivity index is 1.76. The van der Waals surface area contributed by atoms with Gasteiger partial charge in [0.05, 0.1) is 6.42 Å². The number of rotatable bonds is 5. The zero-order chi connectivity index (χ0) is 15.4. The van der Waals surface area contributed by atoms with Crippen molar-refractivity contribution in [2.75, 3.05) is 0 Å². The Morgan fingerprint density at radius 1 is 1.09 bits per heavy atom. The van der Waals surface area contributed by atoms with E-state index < -0.39 is 0 Å². The van der Waals surface area contributed by atoms with Gasteiger partial charge in [-0.3, -0.25) is 4.79 Å². The van der Waals surface area contributed by atoms with E-state index in [9.17, 15) is 4.79 Å². The van der Waals surface area contributed by atoms with Crippen LogP contribution >= 0.6 is 0 Å². The van der Waals surface area contributed by atoms with E-state index in [0.29, 0.717) is 12.2 Å². The molecule has 22 heavy (non-hydrogen) atoms. The second-order valence-corrected chi connectivity index (χ2v) is 5.39. The Hall–Kier alpha value is -2.55. The van der Waals surface area contributed by atoms with Crippen molar-refractivity contribution in [2.24, 2.45) is 0 Å². The fourth-order valence-corrected chi connectivity index (χ4v) is 2.77. The number of aromatic nitrogens is 1. The van der Waals surface area contributed by atoms with Crippen LogP contribution < -0.4 is 4.74 Å². The molecular weight excluding hydrogens is 274 g/mol. The molecule has 0 fully saturated rings. The number of nitrogens with one attached hydrogen (secondary N) is 1. The molecule has 0 bridgehead atoms. The van der Waals surface area contributed by atoms with Crippen molar-refractivity contribution in [3.8, 4) is 5.75 Å². The van der Waals surface area contributed by atoms with Crippen molar-refractivity contribution >= 4 is 16.9 Å². The van der Waals surface area contributed by atoms with Crippen LogP contribution in [0.5, 0.6) is 5.75 Å². The predicted octanol–water partition coefficient (Wildman–Crippen LogP) is 4.66. The number of aromatic amines is 1. The lowest BCUT2D eigenvalue weighted by atomic mass is 9.93. The molecule has 1 heterocycles. The molecule has 112 valence electrons. The number of H-pyrrole nitrogens is 1. The minimum atomic E-state index is -0.191. The Labute approximate surface area is 129 Å². The van der Waals surface area contributed by atoms with Gasteiger partial charge < -0.3 is 9.72 Å². The van der Waals surface area contributed by atoms with Gasteiger partial charge in [-0.05, 0) is 36.1 Å². The number of hydrogen-bond acceptors (Lipinski definition) is 2. The van der Waals surface area contributed by atoms with Crippen LogP contribution in [-0.2, 0) is 4.79 Å². The van der Waals surface area contributed by atoms with Gasteiger partial charge in [0.2, 0.25) is 0 Å². The van der Waals surface area contributed by atoms with Crippen molar-refractivity contribution < 1.29 is 9.53 Å². The van der Waals surface area contributed by atoms with Crippen LogP contribution in [0.1, 0.15) is 31.2 Å². The molecule has 3 heteroatoms. The monoisotopic (exact) mass is 293 g/mol. The molecule has 3 rings (SSSR count). The first-order valence-electron chi connectivity index (χ1n) is 7.59. The van der Waals surface area contributed by atoms with Crippen molar-refractivity contribution in [3.63, 3.8) is 0 Å². The van der Waals surface area contributed by atoms with E-state index in [2.05, 4.69) is 18.0 Å². The van der Waals surface area contributed by atoms with Crippen LogP contribution in [-0.4, -0.2) is 11.0 Å². The van der Waals surface area contributed by atoms with Crippen molar-refractivity contribution in [1.29, 1.82) is 0 Å². The molecule has 0 radical (unpaired) electrons. The average Bonchev–Trinajstić information content (AvgIpc) is 2.97. The minimum Gasteiger partial charge on any atom is -0.427 e. The summed E-state index contributed by atoms with van der Waals surface area (Å²) >= 11 is 0. The maximum Gasteiger partial charge on any atom is 0.311 e. The molecule has 3 aromatic rings. The Bertz CT molecular complexity index is 761. The highest BCUT2D eigenvalue weighted by Gasteiger charge is 2.19. The van der Waals surface area contributed by atoms with Crippen LogP contribution in [0.3, 0.4) is 0 Å². The van der Waals surface area contributed by atoms with Gasteiger partial charge in [0, 0.05) is 17.1 Å². The fourth-order valence-electron chi connectivity index (χ4n) is 2.77. The van der Waals surface area contributed by atoms with E-state index in [1.54, 1.807) is 12.1 Å². The lowest BCUT2D eigenvalue weighted by Crippen LogP contribution is -2.12. The summed E-state index contributed by atoms with van der Waals surface area (Å²) in [6.07, 6.45) is 3.29. The van der Waals surface area contributed by atoms with Crippen LogP contribution in [0.4, 0.5) is 0 Å².